The summed E-state index contributed by atoms with van der Waals surface area (Å²) in [4.78, 5) is 11.1. The maximum atomic E-state index is 13.2. The number of nitrogens with zero attached hydrogens (tertiary/aromatic N) is 1. The van der Waals surface area contributed by atoms with E-state index in [1.54, 1.807) is 13.8 Å². The SMILES string of the molecule is CCOC(=O)CCN(C)S(=O)(=O)c1cc(F)ccc1C. The van der Waals surface area contributed by atoms with Crippen LogP contribution < -0.4 is 0 Å². The van der Waals surface area contributed by atoms with Gasteiger partial charge in [-0.15, -0.1) is 0 Å². The van der Waals surface area contributed by atoms with Gasteiger partial charge in [-0.25, -0.2) is 17.1 Å². The number of esters is 1. The molecule has 0 spiro atoms. The van der Waals surface area contributed by atoms with Gasteiger partial charge < -0.3 is 4.74 Å². The fourth-order valence-electron chi connectivity index (χ4n) is 1.62. The highest BCUT2D eigenvalue weighted by Crippen LogP contribution is 2.20. The third-order valence-corrected chi connectivity index (χ3v) is 4.77. The molecule has 0 saturated heterocycles. The smallest absolute Gasteiger partial charge is 0.307 e. The van der Waals surface area contributed by atoms with E-state index in [0.29, 0.717) is 5.56 Å². The van der Waals surface area contributed by atoms with Crippen LogP contribution in [0.2, 0.25) is 0 Å². The first-order valence-electron chi connectivity index (χ1n) is 6.17. The lowest BCUT2D eigenvalue weighted by Crippen LogP contribution is -2.30. The maximum absolute atomic E-state index is 13.2. The van der Waals surface area contributed by atoms with Gasteiger partial charge in [-0.1, -0.05) is 6.07 Å². The number of sulfonamides is 1. The summed E-state index contributed by atoms with van der Waals surface area (Å²) in [5.74, 6) is -1.08. The second-order valence-electron chi connectivity index (χ2n) is 4.29. The Bertz CT molecular complexity index is 586. The molecule has 112 valence electrons. The molecule has 0 radical (unpaired) electrons. The topological polar surface area (TPSA) is 63.7 Å². The monoisotopic (exact) mass is 303 g/mol. The van der Waals surface area contributed by atoms with E-state index in [1.165, 1.54) is 19.2 Å². The molecule has 0 amide bonds. The molecule has 20 heavy (non-hydrogen) atoms. The van der Waals surface area contributed by atoms with Crippen molar-refractivity contribution in [2.24, 2.45) is 0 Å². The van der Waals surface area contributed by atoms with Crippen molar-refractivity contribution in [3.63, 3.8) is 0 Å². The van der Waals surface area contributed by atoms with Crippen molar-refractivity contribution in [2.75, 3.05) is 20.2 Å². The fourth-order valence-corrected chi connectivity index (χ4v) is 3.03. The number of hydrogen-bond donors (Lipinski definition) is 0. The Labute approximate surface area is 118 Å². The molecule has 0 saturated carbocycles. The lowest BCUT2D eigenvalue weighted by molar-refractivity contribution is -0.143. The van der Waals surface area contributed by atoms with Gasteiger partial charge in [0.25, 0.3) is 0 Å². The maximum Gasteiger partial charge on any atom is 0.307 e. The summed E-state index contributed by atoms with van der Waals surface area (Å²) in [5.41, 5.74) is 0.453. The average Bonchev–Trinajstić information content (AvgIpc) is 2.38. The zero-order chi connectivity index (χ0) is 15.3. The van der Waals surface area contributed by atoms with Crippen LogP contribution in [0.3, 0.4) is 0 Å². The quantitative estimate of drug-likeness (QED) is 0.751. The van der Waals surface area contributed by atoms with Crippen molar-refractivity contribution in [1.29, 1.82) is 0 Å². The van der Waals surface area contributed by atoms with Gasteiger partial charge in [0.05, 0.1) is 17.9 Å². The van der Waals surface area contributed by atoms with Crippen molar-refractivity contribution in [3.05, 3.63) is 29.6 Å². The van der Waals surface area contributed by atoms with E-state index in [0.717, 1.165) is 10.4 Å². The number of ether oxygens (including phenoxy) is 1. The highest BCUT2D eigenvalue weighted by Gasteiger charge is 2.23. The van der Waals surface area contributed by atoms with E-state index < -0.39 is 21.8 Å². The summed E-state index contributed by atoms with van der Waals surface area (Å²) in [6, 6.07) is 3.58. The number of hydrogen-bond acceptors (Lipinski definition) is 4. The first-order chi connectivity index (χ1) is 9.28. The minimum absolute atomic E-state index is 0.0167. The molecular formula is C13H18FNO4S. The molecule has 0 heterocycles. The molecule has 1 aromatic rings. The van der Waals surface area contributed by atoms with Gasteiger partial charge in [0.2, 0.25) is 10.0 Å². The van der Waals surface area contributed by atoms with Gasteiger partial charge in [-0.3, -0.25) is 4.79 Å². The first-order valence-corrected chi connectivity index (χ1v) is 7.61. The van der Waals surface area contributed by atoms with Crippen LogP contribution in [0.5, 0.6) is 0 Å². The molecule has 1 rings (SSSR count). The fraction of sp³-hybridized carbons (Fsp3) is 0.462. The van der Waals surface area contributed by atoms with Crippen LogP contribution in [0.15, 0.2) is 23.1 Å². The van der Waals surface area contributed by atoms with Gasteiger partial charge in [0.1, 0.15) is 5.82 Å². The molecule has 1 aromatic carbocycles. The predicted octanol–water partition coefficient (Wildman–Crippen LogP) is 1.71. The Morgan fingerprint density at radius 3 is 2.65 bits per heavy atom. The van der Waals surface area contributed by atoms with Crippen molar-refractivity contribution >= 4 is 16.0 Å². The zero-order valence-electron chi connectivity index (χ0n) is 11.7. The molecule has 0 aliphatic rings. The molecule has 0 aliphatic heterocycles. The second-order valence-corrected chi connectivity index (χ2v) is 6.30. The van der Waals surface area contributed by atoms with Crippen LogP contribution in [0.25, 0.3) is 0 Å². The minimum Gasteiger partial charge on any atom is -0.466 e. The van der Waals surface area contributed by atoms with Crippen LogP contribution >= 0.6 is 0 Å². The summed E-state index contributed by atoms with van der Waals surface area (Å²) in [6.07, 6.45) is -0.0437. The van der Waals surface area contributed by atoms with E-state index >= 15 is 0 Å². The Kier molecular flexibility index (Phi) is 5.64. The van der Waals surface area contributed by atoms with Crippen LogP contribution in [0.1, 0.15) is 18.9 Å². The summed E-state index contributed by atoms with van der Waals surface area (Å²) in [6.45, 7) is 3.50. The largest absolute Gasteiger partial charge is 0.466 e. The zero-order valence-corrected chi connectivity index (χ0v) is 12.5. The number of rotatable bonds is 6. The lowest BCUT2D eigenvalue weighted by Gasteiger charge is -2.18. The molecule has 0 unspecified atom stereocenters. The van der Waals surface area contributed by atoms with Gasteiger partial charge >= 0.3 is 5.97 Å². The number of benzene rings is 1. The standard InChI is InChI=1S/C13H18FNO4S/c1-4-19-13(16)7-8-15(3)20(17,18)12-9-11(14)6-5-10(12)2/h5-6,9H,4,7-8H2,1-3H3. The molecule has 0 fully saturated rings. The third-order valence-electron chi connectivity index (χ3n) is 2.77. The van der Waals surface area contributed by atoms with Gasteiger partial charge in [0, 0.05) is 13.6 Å². The number of aryl methyl sites for hydroxylation is 1. The predicted molar refractivity (Wildman–Crippen MR) is 72.2 cm³/mol. The highest BCUT2D eigenvalue weighted by molar-refractivity contribution is 7.89. The van der Waals surface area contributed by atoms with E-state index in [4.69, 9.17) is 4.74 Å². The number of halogens is 1. The van der Waals surface area contributed by atoms with Gasteiger partial charge in [-0.05, 0) is 31.5 Å². The summed E-state index contributed by atoms with van der Waals surface area (Å²) >= 11 is 0. The Morgan fingerprint density at radius 2 is 2.05 bits per heavy atom. The second kappa shape index (κ2) is 6.81. The van der Waals surface area contributed by atoms with E-state index in [-0.39, 0.29) is 24.5 Å². The van der Waals surface area contributed by atoms with Crippen molar-refractivity contribution in [3.8, 4) is 0 Å². The molecule has 0 atom stereocenters. The molecular weight excluding hydrogens is 285 g/mol. The summed E-state index contributed by atoms with van der Waals surface area (Å²) in [5, 5.41) is 0. The Balaban J connectivity index is 2.87. The molecule has 0 aromatic heterocycles. The van der Waals surface area contributed by atoms with E-state index in [2.05, 4.69) is 0 Å². The molecule has 5 nitrogen and oxygen atoms in total. The molecule has 7 heteroatoms. The summed E-state index contributed by atoms with van der Waals surface area (Å²) < 4.78 is 43.5. The normalized spacial score (nSPS) is 11.7. The van der Waals surface area contributed by atoms with Gasteiger partial charge in [-0.2, -0.15) is 0 Å². The number of carbonyl (C=O) groups excluding carboxylic acids is 1. The van der Waals surface area contributed by atoms with Crippen LogP contribution in [0.4, 0.5) is 4.39 Å². The summed E-state index contributed by atoms with van der Waals surface area (Å²) in [7, 11) is -2.47. The molecule has 0 N–H and O–H groups in total. The van der Waals surface area contributed by atoms with Crippen molar-refractivity contribution in [1.82, 2.24) is 4.31 Å². The minimum atomic E-state index is -3.82. The van der Waals surface area contributed by atoms with Crippen LogP contribution in [-0.4, -0.2) is 38.9 Å². The Hall–Kier alpha value is -1.47. The lowest BCUT2D eigenvalue weighted by atomic mass is 10.2. The van der Waals surface area contributed by atoms with E-state index in [1.807, 2.05) is 0 Å². The first kappa shape index (κ1) is 16.6. The number of carbonyl (C=O) groups is 1. The van der Waals surface area contributed by atoms with Crippen molar-refractivity contribution < 1.29 is 22.3 Å². The average molecular weight is 303 g/mol. The molecule has 0 bridgehead atoms. The molecule has 0 aliphatic carbocycles. The van der Waals surface area contributed by atoms with E-state index in [9.17, 15) is 17.6 Å². The van der Waals surface area contributed by atoms with Crippen LogP contribution in [-0.2, 0) is 19.6 Å². The van der Waals surface area contributed by atoms with Crippen LogP contribution in [0, 0.1) is 12.7 Å². The Morgan fingerprint density at radius 1 is 1.40 bits per heavy atom. The van der Waals surface area contributed by atoms with Gasteiger partial charge in [0.15, 0.2) is 0 Å². The third kappa shape index (κ3) is 4.01. The highest BCUT2D eigenvalue weighted by atomic mass is 32.2. The van der Waals surface area contributed by atoms with Crippen molar-refractivity contribution in [2.45, 2.75) is 25.2 Å².